The summed E-state index contributed by atoms with van der Waals surface area (Å²) in [6.45, 7) is 0.534. The van der Waals surface area contributed by atoms with Crippen molar-refractivity contribution in [2.75, 3.05) is 5.73 Å². The van der Waals surface area contributed by atoms with Crippen molar-refractivity contribution in [3.05, 3.63) is 41.0 Å². The Bertz CT molecular complexity index is 637. The maximum Gasteiger partial charge on any atom is 0.240 e. The Hall–Kier alpha value is -1.89. The predicted octanol–water partition coefficient (Wildman–Crippen LogP) is 1.32. The summed E-state index contributed by atoms with van der Waals surface area (Å²) in [7, 11) is 0. The number of anilines is 1. The van der Waals surface area contributed by atoms with Gasteiger partial charge >= 0.3 is 0 Å². The van der Waals surface area contributed by atoms with Gasteiger partial charge in [-0.3, -0.25) is 0 Å². The number of hydrogen-bond donors (Lipinski definition) is 1. The van der Waals surface area contributed by atoms with Crippen LogP contribution in [-0.4, -0.2) is 24.1 Å². The smallest absolute Gasteiger partial charge is 0.240 e. The largest absolute Gasteiger partial charge is 0.366 e. The standard InChI is InChI=1S/C10H9BrN6/c11-9-14-10(12)15-17(9)6-7-5-16-4-2-1-3-8(16)13-7/h1-5H,6H2,(H2,12,15). The van der Waals surface area contributed by atoms with Crippen molar-refractivity contribution in [1.29, 1.82) is 0 Å². The normalized spacial score (nSPS) is 11.1. The first-order valence-electron chi connectivity index (χ1n) is 5.01. The number of nitrogen functional groups attached to an aromatic ring is 1. The lowest BCUT2D eigenvalue weighted by Gasteiger charge is -1.96. The zero-order valence-electron chi connectivity index (χ0n) is 8.79. The molecular weight excluding hydrogens is 284 g/mol. The molecule has 0 aliphatic rings. The molecule has 0 saturated heterocycles. The number of halogens is 1. The second kappa shape index (κ2) is 3.85. The van der Waals surface area contributed by atoms with Gasteiger partial charge < -0.3 is 10.1 Å². The van der Waals surface area contributed by atoms with Crippen LogP contribution >= 0.6 is 15.9 Å². The predicted molar refractivity (Wildman–Crippen MR) is 66.4 cm³/mol. The average molecular weight is 293 g/mol. The summed E-state index contributed by atoms with van der Waals surface area (Å²) in [6, 6.07) is 5.87. The van der Waals surface area contributed by atoms with E-state index in [0.29, 0.717) is 11.3 Å². The molecule has 86 valence electrons. The fraction of sp³-hybridized carbons (Fsp3) is 0.100. The van der Waals surface area contributed by atoms with Crippen LogP contribution in [0, 0.1) is 0 Å². The molecule has 17 heavy (non-hydrogen) atoms. The highest BCUT2D eigenvalue weighted by Gasteiger charge is 2.07. The molecule has 0 atom stereocenters. The molecule has 0 spiro atoms. The topological polar surface area (TPSA) is 74.0 Å². The monoisotopic (exact) mass is 292 g/mol. The second-order valence-electron chi connectivity index (χ2n) is 3.60. The summed E-state index contributed by atoms with van der Waals surface area (Å²) in [5.41, 5.74) is 7.32. The number of rotatable bonds is 2. The SMILES string of the molecule is Nc1nc(Br)n(Cc2cn3ccccc3n2)n1. The van der Waals surface area contributed by atoms with Crippen molar-refractivity contribution in [3.63, 3.8) is 0 Å². The highest BCUT2D eigenvalue weighted by Crippen LogP contribution is 2.11. The molecule has 2 N–H and O–H groups in total. The fourth-order valence-corrected chi connectivity index (χ4v) is 2.04. The van der Waals surface area contributed by atoms with Crippen molar-refractivity contribution in [1.82, 2.24) is 24.1 Å². The maximum atomic E-state index is 5.51. The molecule has 0 saturated carbocycles. The van der Waals surface area contributed by atoms with E-state index in [2.05, 4.69) is 31.0 Å². The summed E-state index contributed by atoms with van der Waals surface area (Å²) in [4.78, 5) is 8.44. The van der Waals surface area contributed by atoms with Crippen molar-refractivity contribution < 1.29 is 0 Å². The minimum Gasteiger partial charge on any atom is -0.366 e. The third-order valence-corrected chi connectivity index (χ3v) is 2.96. The van der Waals surface area contributed by atoms with E-state index in [1.807, 2.05) is 35.0 Å². The molecule has 7 heteroatoms. The second-order valence-corrected chi connectivity index (χ2v) is 4.30. The van der Waals surface area contributed by atoms with E-state index in [1.165, 1.54) is 0 Å². The lowest BCUT2D eigenvalue weighted by Crippen LogP contribution is -2.02. The van der Waals surface area contributed by atoms with Crippen molar-refractivity contribution in [3.8, 4) is 0 Å². The number of hydrogen-bond acceptors (Lipinski definition) is 4. The molecule has 0 aliphatic carbocycles. The third kappa shape index (κ3) is 1.89. The van der Waals surface area contributed by atoms with Crippen LogP contribution in [0.4, 0.5) is 5.95 Å². The minimum absolute atomic E-state index is 0.251. The van der Waals surface area contributed by atoms with E-state index in [9.17, 15) is 0 Å². The van der Waals surface area contributed by atoms with E-state index in [4.69, 9.17) is 5.73 Å². The van der Waals surface area contributed by atoms with Gasteiger partial charge in [0, 0.05) is 12.4 Å². The van der Waals surface area contributed by atoms with Crippen molar-refractivity contribution >= 4 is 27.5 Å². The van der Waals surface area contributed by atoms with Crippen LogP contribution in [0.2, 0.25) is 0 Å². The molecule has 0 bridgehead atoms. The van der Waals surface area contributed by atoms with Crippen molar-refractivity contribution in [2.24, 2.45) is 0 Å². The number of nitrogens with zero attached hydrogens (tertiary/aromatic N) is 5. The molecule has 3 aromatic heterocycles. The van der Waals surface area contributed by atoms with Crippen LogP contribution in [0.25, 0.3) is 5.65 Å². The Labute approximate surface area is 105 Å². The van der Waals surface area contributed by atoms with Gasteiger partial charge in [-0.25, -0.2) is 9.67 Å². The Morgan fingerprint density at radius 2 is 2.18 bits per heavy atom. The first-order chi connectivity index (χ1) is 8.22. The van der Waals surface area contributed by atoms with Crippen LogP contribution < -0.4 is 5.73 Å². The van der Waals surface area contributed by atoms with Gasteiger partial charge in [0.05, 0.1) is 12.2 Å². The number of nitrogens with two attached hydrogens (primary N) is 1. The summed E-state index contributed by atoms with van der Waals surface area (Å²) in [5.74, 6) is 0.251. The maximum absolute atomic E-state index is 5.51. The Balaban J connectivity index is 1.97. The Morgan fingerprint density at radius 1 is 1.29 bits per heavy atom. The summed E-state index contributed by atoms with van der Waals surface area (Å²) in [6.07, 6.45) is 3.91. The van der Waals surface area contributed by atoms with Gasteiger partial charge in [-0.2, -0.15) is 4.98 Å². The molecule has 0 unspecified atom stereocenters. The first kappa shape index (κ1) is 10.3. The first-order valence-corrected chi connectivity index (χ1v) is 5.80. The Morgan fingerprint density at radius 3 is 2.88 bits per heavy atom. The average Bonchev–Trinajstić information content (AvgIpc) is 2.82. The minimum atomic E-state index is 0.251. The molecule has 0 radical (unpaired) electrons. The molecular formula is C10H9BrN6. The summed E-state index contributed by atoms with van der Waals surface area (Å²) >= 11 is 3.29. The van der Waals surface area contributed by atoms with E-state index in [-0.39, 0.29) is 5.95 Å². The van der Waals surface area contributed by atoms with Crippen LogP contribution in [-0.2, 0) is 6.54 Å². The van der Waals surface area contributed by atoms with Crippen LogP contribution in [0.5, 0.6) is 0 Å². The van der Waals surface area contributed by atoms with Gasteiger partial charge in [-0.05, 0) is 28.1 Å². The molecule has 0 amide bonds. The van der Waals surface area contributed by atoms with E-state index >= 15 is 0 Å². The Kier molecular flexibility index (Phi) is 2.32. The summed E-state index contributed by atoms with van der Waals surface area (Å²) < 4.78 is 4.23. The van der Waals surface area contributed by atoms with Gasteiger partial charge in [0.15, 0.2) is 4.73 Å². The van der Waals surface area contributed by atoms with Crippen LogP contribution in [0.1, 0.15) is 5.69 Å². The van der Waals surface area contributed by atoms with Crippen LogP contribution in [0.15, 0.2) is 35.3 Å². The van der Waals surface area contributed by atoms with Gasteiger partial charge in [-0.15, -0.1) is 5.10 Å². The van der Waals surface area contributed by atoms with Gasteiger partial charge in [0.25, 0.3) is 0 Å². The number of imidazole rings is 1. The van der Waals surface area contributed by atoms with Crippen LogP contribution in [0.3, 0.4) is 0 Å². The van der Waals surface area contributed by atoms with Gasteiger partial charge in [0.1, 0.15) is 5.65 Å². The third-order valence-electron chi connectivity index (χ3n) is 2.37. The lowest BCUT2D eigenvalue weighted by atomic mass is 10.5. The number of aromatic nitrogens is 5. The molecule has 6 nitrogen and oxygen atoms in total. The highest BCUT2D eigenvalue weighted by atomic mass is 79.9. The molecule has 3 rings (SSSR count). The molecule has 3 heterocycles. The molecule has 0 aromatic carbocycles. The molecule has 0 aliphatic heterocycles. The van der Waals surface area contributed by atoms with E-state index in [1.54, 1.807) is 4.68 Å². The zero-order valence-corrected chi connectivity index (χ0v) is 10.4. The molecule has 0 fully saturated rings. The lowest BCUT2D eigenvalue weighted by molar-refractivity contribution is 0.660. The molecule has 3 aromatic rings. The van der Waals surface area contributed by atoms with E-state index in [0.717, 1.165) is 11.3 Å². The zero-order chi connectivity index (χ0) is 11.8. The summed E-state index contributed by atoms with van der Waals surface area (Å²) in [5, 5.41) is 4.06. The fourth-order valence-electron chi connectivity index (χ4n) is 1.66. The van der Waals surface area contributed by atoms with Crippen molar-refractivity contribution in [2.45, 2.75) is 6.54 Å². The van der Waals surface area contributed by atoms with Gasteiger partial charge in [-0.1, -0.05) is 6.07 Å². The number of pyridine rings is 1. The van der Waals surface area contributed by atoms with E-state index < -0.39 is 0 Å². The highest BCUT2D eigenvalue weighted by molar-refractivity contribution is 9.10. The quantitative estimate of drug-likeness (QED) is 0.773. The number of fused-ring (bicyclic) bond motifs is 1. The van der Waals surface area contributed by atoms with Gasteiger partial charge in [0.2, 0.25) is 5.95 Å².